The van der Waals surface area contributed by atoms with Crippen LogP contribution >= 0.6 is 0 Å². The summed E-state index contributed by atoms with van der Waals surface area (Å²) in [7, 11) is 0. The fourth-order valence-corrected chi connectivity index (χ4v) is 2.00. The molecule has 6 nitrogen and oxygen atoms in total. The Balaban J connectivity index is 2.23. The number of amides is 1. The minimum atomic E-state index is -0.329. The Morgan fingerprint density at radius 3 is 2.71 bits per heavy atom. The number of nitrogens with two attached hydrogens (primary N) is 1. The Labute approximate surface area is 123 Å². The smallest absolute Gasteiger partial charge is 0.277 e. The number of aryl methyl sites for hydroxylation is 1. The molecule has 21 heavy (non-hydrogen) atoms. The minimum absolute atomic E-state index is 0.00779. The molecule has 6 heteroatoms. The lowest BCUT2D eigenvalue weighted by atomic mass is 10.2. The lowest BCUT2D eigenvalue weighted by molar-refractivity contribution is 0.0759. The number of nitriles is 1. The molecular weight excluding hydrogens is 266 g/mol. The SMILES string of the molecule is CCn1cc(N)c(C(=O)N(CC#N)Cc2ccccc2)n1. The summed E-state index contributed by atoms with van der Waals surface area (Å²) in [4.78, 5) is 13.9. The Kier molecular flexibility index (Phi) is 4.57. The number of aromatic nitrogens is 2. The van der Waals surface area contributed by atoms with Crippen LogP contribution in [-0.2, 0) is 13.1 Å². The first-order valence-corrected chi connectivity index (χ1v) is 6.68. The van der Waals surface area contributed by atoms with Crippen molar-refractivity contribution in [2.24, 2.45) is 0 Å². The molecule has 0 saturated heterocycles. The van der Waals surface area contributed by atoms with Crippen molar-refractivity contribution in [1.29, 1.82) is 5.26 Å². The molecule has 0 atom stereocenters. The fraction of sp³-hybridized carbons (Fsp3) is 0.267. The van der Waals surface area contributed by atoms with E-state index in [1.165, 1.54) is 4.90 Å². The number of hydrogen-bond donors (Lipinski definition) is 1. The van der Waals surface area contributed by atoms with Gasteiger partial charge in [0, 0.05) is 19.3 Å². The predicted molar refractivity (Wildman–Crippen MR) is 79.1 cm³/mol. The maximum Gasteiger partial charge on any atom is 0.277 e. The van der Waals surface area contributed by atoms with Crippen LogP contribution in [-0.4, -0.2) is 27.1 Å². The van der Waals surface area contributed by atoms with Gasteiger partial charge in [0.1, 0.15) is 6.54 Å². The van der Waals surface area contributed by atoms with Crippen LogP contribution in [0.15, 0.2) is 36.5 Å². The van der Waals surface area contributed by atoms with E-state index in [4.69, 9.17) is 11.0 Å². The molecule has 108 valence electrons. The van der Waals surface area contributed by atoms with Gasteiger partial charge in [-0.05, 0) is 12.5 Å². The largest absolute Gasteiger partial charge is 0.396 e. The molecule has 1 amide bonds. The average molecular weight is 283 g/mol. The van der Waals surface area contributed by atoms with Gasteiger partial charge in [-0.25, -0.2) is 0 Å². The van der Waals surface area contributed by atoms with Crippen molar-refractivity contribution < 1.29 is 4.79 Å². The Morgan fingerprint density at radius 2 is 2.14 bits per heavy atom. The van der Waals surface area contributed by atoms with E-state index >= 15 is 0 Å². The van der Waals surface area contributed by atoms with Crippen LogP contribution in [0, 0.1) is 11.3 Å². The molecular formula is C15H17N5O. The van der Waals surface area contributed by atoms with Crippen LogP contribution in [0.25, 0.3) is 0 Å². The molecule has 0 saturated carbocycles. The van der Waals surface area contributed by atoms with Gasteiger partial charge in [0.15, 0.2) is 5.69 Å². The number of nitrogen functional groups attached to an aromatic ring is 1. The van der Waals surface area contributed by atoms with Crippen LogP contribution in [0.3, 0.4) is 0 Å². The molecule has 2 aromatic rings. The van der Waals surface area contributed by atoms with Gasteiger partial charge in [0.05, 0.1) is 11.8 Å². The van der Waals surface area contributed by atoms with Gasteiger partial charge in [-0.15, -0.1) is 0 Å². The zero-order valence-electron chi connectivity index (χ0n) is 11.9. The monoisotopic (exact) mass is 283 g/mol. The summed E-state index contributed by atoms with van der Waals surface area (Å²) in [6, 6.07) is 11.5. The van der Waals surface area contributed by atoms with Crippen LogP contribution in [0.5, 0.6) is 0 Å². The highest BCUT2D eigenvalue weighted by atomic mass is 16.2. The standard InChI is InChI=1S/C15H17N5O/c1-2-20-11-13(17)14(18-20)15(21)19(9-8-16)10-12-6-4-3-5-7-12/h3-7,11H,2,9-10,17H2,1H3. The number of benzene rings is 1. The lowest BCUT2D eigenvalue weighted by Crippen LogP contribution is -2.31. The van der Waals surface area contributed by atoms with Gasteiger partial charge in [-0.2, -0.15) is 10.4 Å². The topological polar surface area (TPSA) is 87.9 Å². The first-order valence-electron chi connectivity index (χ1n) is 6.68. The second-order valence-corrected chi connectivity index (χ2v) is 4.59. The van der Waals surface area contributed by atoms with Gasteiger partial charge in [-0.3, -0.25) is 9.48 Å². The van der Waals surface area contributed by atoms with Crippen molar-refractivity contribution in [2.45, 2.75) is 20.0 Å². The van der Waals surface area contributed by atoms with Crippen LogP contribution in [0.4, 0.5) is 5.69 Å². The lowest BCUT2D eigenvalue weighted by Gasteiger charge is -2.18. The fourth-order valence-electron chi connectivity index (χ4n) is 2.00. The molecule has 0 radical (unpaired) electrons. The number of anilines is 1. The molecule has 0 fully saturated rings. The molecule has 0 aliphatic carbocycles. The van der Waals surface area contributed by atoms with Crippen molar-refractivity contribution in [3.05, 3.63) is 47.8 Å². The zero-order valence-corrected chi connectivity index (χ0v) is 11.9. The number of carbonyl (C=O) groups excluding carboxylic acids is 1. The third kappa shape index (κ3) is 3.39. The average Bonchev–Trinajstić information content (AvgIpc) is 2.88. The van der Waals surface area contributed by atoms with E-state index in [0.29, 0.717) is 18.8 Å². The summed E-state index contributed by atoms with van der Waals surface area (Å²) >= 11 is 0. The highest BCUT2D eigenvalue weighted by Gasteiger charge is 2.21. The molecule has 1 aromatic heterocycles. The molecule has 2 rings (SSSR count). The Hall–Kier alpha value is -2.81. The third-order valence-corrected chi connectivity index (χ3v) is 3.08. The van der Waals surface area contributed by atoms with Crippen molar-refractivity contribution >= 4 is 11.6 Å². The number of nitrogens with zero attached hydrogens (tertiary/aromatic N) is 4. The van der Waals surface area contributed by atoms with E-state index in [-0.39, 0.29) is 18.1 Å². The summed E-state index contributed by atoms with van der Waals surface area (Å²) in [5, 5.41) is 13.1. The molecule has 2 N–H and O–H groups in total. The maximum absolute atomic E-state index is 12.5. The van der Waals surface area contributed by atoms with Gasteiger partial charge in [0.2, 0.25) is 0 Å². The second kappa shape index (κ2) is 6.57. The van der Waals surface area contributed by atoms with Gasteiger partial charge < -0.3 is 10.6 Å². The van der Waals surface area contributed by atoms with Crippen LogP contribution in [0.2, 0.25) is 0 Å². The molecule has 0 aliphatic rings. The summed E-state index contributed by atoms with van der Waals surface area (Å²) in [5.41, 5.74) is 7.31. The number of hydrogen-bond acceptors (Lipinski definition) is 4. The highest BCUT2D eigenvalue weighted by molar-refractivity contribution is 5.97. The molecule has 0 bridgehead atoms. The van der Waals surface area contributed by atoms with E-state index in [9.17, 15) is 4.79 Å². The van der Waals surface area contributed by atoms with E-state index in [1.54, 1.807) is 10.9 Å². The Morgan fingerprint density at radius 1 is 1.43 bits per heavy atom. The molecule has 0 spiro atoms. The first kappa shape index (κ1) is 14.6. The summed E-state index contributed by atoms with van der Waals surface area (Å²) in [5.74, 6) is -0.329. The third-order valence-electron chi connectivity index (χ3n) is 3.08. The molecule has 0 unspecified atom stereocenters. The van der Waals surface area contributed by atoms with Crippen molar-refractivity contribution in [1.82, 2.24) is 14.7 Å². The van der Waals surface area contributed by atoms with Gasteiger partial charge in [-0.1, -0.05) is 30.3 Å². The summed E-state index contributed by atoms with van der Waals surface area (Å²) in [6.45, 7) is 2.89. The first-order chi connectivity index (χ1) is 10.2. The zero-order chi connectivity index (χ0) is 15.2. The molecule has 1 heterocycles. The van der Waals surface area contributed by atoms with Gasteiger partial charge in [0.25, 0.3) is 5.91 Å². The van der Waals surface area contributed by atoms with Crippen LogP contribution in [0.1, 0.15) is 23.0 Å². The summed E-state index contributed by atoms with van der Waals surface area (Å²) in [6.07, 6.45) is 1.63. The second-order valence-electron chi connectivity index (χ2n) is 4.59. The maximum atomic E-state index is 12.5. The number of carbonyl (C=O) groups is 1. The summed E-state index contributed by atoms with van der Waals surface area (Å²) < 4.78 is 1.61. The van der Waals surface area contributed by atoms with Crippen molar-refractivity contribution in [3.63, 3.8) is 0 Å². The highest BCUT2D eigenvalue weighted by Crippen LogP contribution is 2.14. The number of rotatable bonds is 5. The minimum Gasteiger partial charge on any atom is -0.396 e. The normalized spacial score (nSPS) is 10.1. The quantitative estimate of drug-likeness (QED) is 0.845. The Bertz CT molecular complexity index is 656. The van der Waals surface area contributed by atoms with Crippen molar-refractivity contribution in [3.8, 4) is 6.07 Å². The van der Waals surface area contributed by atoms with E-state index < -0.39 is 0 Å². The van der Waals surface area contributed by atoms with E-state index in [0.717, 1.165) is 5.56 Å². The van der Waals surface area contributed by atoms with E-state index in [2.05, 4.69) is 5.10 Å². The molecule has 1 aromatic carbocycles. The predicted octanol–water partition coefficient (Wildman–Crippen LogP) is 1.65. The van der Waals surface area contributed by atoms with E-state index in [1.807, 2.05) is 43.3 Å². The van der Waals surface area contributed by atoms with Crippen LogP contribution < -0.4 is 5.73 Å². The molecule has 0 aliphatic heterocycles. The van der Waals surface area contributed by atoms with Crippen molar-refractivity contribution in [2.75, 3.05) is 12.3 Å². The van der Waals surface area contributed by atoms with Gasteiger partial charge >= 0.3 is 0 Å².